The molecule has 21 heavy (non-hydrogen) atoms. The van der Waals surface area contributed by atoms with E-state index in [1.165, 1.54) is 6.07 Å². The monoisotopic (exact) mass is 295 g/mol. The number of ether oxygens (including phenoxy) is 1. The molecule has 0 bridgehead atoms. The van der Waals surface area contributed by atoms with Crippen LogP contribution in [0.1, 0.15) is 13.3 Å². The second-order valence-corrected chi connectivity index (χ2v) is 4.95. The zero-order valence-electron chi connectivity index (χ0n) is 11.6. The Morgan fingerprint density at radius 1 is 1.62 bits per heavy atom. The molecule has 8 heteroatoms. The van der Waals surface area contributed by atoms with Gasteiger partial charge in [0.1, 0.15) is 11.2 Å². The van der Waals surface area contributed by atoms with Crippen LogP contribution < -0.4 is 15.4 Å². The number of anilines is 1. The third kappa shape index (κ3) is 2.75. The molecule has 2 rings (SSSR count). The summed E-state index contributed by atoms with van der Waals surface area (Å²) in [6, 6.07) is 4.74. The topological polar surface area (TPSA) is 119 Å². The van der Waals surface area contributed by atoms with E-state index in [9.17, 15) is 14.9 Å². The zero-order valence-corrected chi connectivity index (χ0v) is 11.6. The first-order valence-corrected chi connectivity index (χ1v) is 6.56. The molecule has 1 aromatic carbocycles. The van der Waals surface area contributed by atoms with Crippen LogP contribution in [0.3, 0.4) is 0 Å². The van der Waals surface area contributed by atoms with Gasteiger partial charge in [-0.05, 0) is 25.5 Å². The van der Waals surface area contributed by atoms with Crippen molar-refractivity contribution >= 4 is 17.3 Å². The van der Waals surface area contributed by atoms with Crippen molar-refractivity contribution in [3.05, 3.63) is 28.3 Å². The van der Waals surface area contributed by atoms with Crippen LogP contribution in [0.2, 0.25) is 0 Å². The van der Waals surface area contributed by atoms with Crippen molar-refractivity contribution in [2.24, 2.45) is 5.73 Å². The van der Waals surface area contributed by atoms with Gasteiger partial charge in [-0.1, -0.05) is 6.07 Å². The summed E-state index contributed by atoms with van der Waals surface area (Å²) in [5, 5.41) is 20.5. The van der Waals surface area contributed by atoms with E-state index in [1.54, 1.807) is 24.0 Å². The Kier molecular flexibility index (Phi) is 3.99. The van der Waals surface area contributed by atoms with E-state index in [-0.39, 0.29) is 24.4 Å². The van der Waals surface area contributed by atoms with E-state index in [1.807, 2.05) is 0 Å². The number of hydrogen-bond donors (Lipinski definition) is 2. The van der Waals surface area contributed by atoms with Crippen molar-refractivity contribution in [2.45, 2.75) is 18.9 Å². The maximum absolute atomic E-state index is 11.3. The number of nitro groups is 1. The standard InChI is InChI=1S/C13H17N3O5/c1-2-21-10-5-3-4-9(11(10)16(19)20)15-7-6-13(14,8-15)12(17)18/h3-5H,2,6-8,14H2,1H3,(H,17,18). The molecule has 1 unspecified atom stereocenters. The molecule has 0 saturated carbocycles. The highest BCUT2D eigenvalue weighted by Crippen LogP contribution is 2.39. The lowest BCUT2D eigenvalue weighted by Gasteiger charge is -2.22. The highest BCUT2D eigenvalue weighted by atomic mass is 16.6. The van der Waals surface area contributed by atoms with Gasteiger partial charge in [0.2, 0.25) is 0 Å². The maximum Gasteiger partial charge on any atom is 0.333 e. The van der Waals surface area contributed by atoms with Gasteiger partial charge in [-0.25, -0.2) is 0 Å². The van der Waals surface area contributed by atoms with Crippen LogP contribution in [0.5, 0.6) is 5.75 Å². The third-order valence-corrected chi connectivity index (χ3v) is 3.53. The minimum Gasteiger partial charge on any atom is -0.487 e. The second-order valence-electron chi connectivity index (χ2n) is 4.95. The number of benzene rings is 1. The molecule has 0 spiro atoms. The molecule has 0 aliphatic carbocycles. The lowest BCUT2D eigenvalue weighted by Crippen LogP contribution is -2.50. The minimum absolute atomic E-state index is 0.0265. The van der Waals surface area contributed by atoms with Gasteiger partial charge in [0.15, 0.2) is 5.75 Å². The predicted molar refractivity (Wildman–Crippen MR) is 75.6 cm³/mol. The Hall–Kier alpha value is -2.35. The van der Waals surface area contributed by atoms with Gasteiger partial charge in [0, 0.05) is 13.1 Å². The van der Waals surface area contributed by atoms with Crippen LogP contribution in [0.4, 0.5) is 11.4 Å². The van der Waals surface area contributed by atoms with Gasteiger partial charge in [0.05, 0.1) is 11.5 Å². The highest BCUT2D eigenvalue weighted by Gasteiger charge is 2.43. The van der Waals surface area contributed by atoms with E-state index in [0.717, 1.165) is 0 Å². The number of carboxylic acid groups (broad SMARTS) is 1. The van der Waals surface area contributed by atoms with Gasteiger partial charge in [-0.3, -0.25) is 14.9 Å². The summed E-state index contributed by atoms with van der Waals surface area (Å²) in [6.07, 6.45) is 0.234. The van der Waals surface area contributed by atoms with Crippen LogP contribution in [-0.2, 0) is 4.79 Å². The number of aliphatic carboxylic acids is 1. The molecule has 8 nitrogen and oxygen atoms in total. The Balaban J connectivity index is 2.39. The molecule has 0 amide bonds. The van der Waals surface area contributed by atoms with E-state index in [0.29, 0.717) is 18.8 Å². The predicted octanol–water partition coefficient (Wildman–Crippen LogP) is 0.986. The van der Waals surface area contributed by atoms with Crippen molar-refractivity contribution in [2.75, 3.05) is 24.6 Å². The van der Waals surface area contributed by atoms with Gasteiger partial charge >= 0.3 is 11.7 Å². The van der Waals surface area contributed by atoms with E-state index < -0.39 is 16.4 Å². The SMILES string of the molecule is CCOc1cccc(N2CCC(N)(C(=O)O)C2)c1[N+](=O)[O-]. The molecule has 1 aromatic rings. The second kappa shape index (κ2) is 5.57. The largest absolute Gasteiger partial charge is 0.487 e. The zero-order chi connectivity index (χ0) is 15.6. The lowest BCUT2D eigenvalue weighted by atomic mass is 10.0. The Morgan fingerprint density at radius 2 is 2.33 bits per heavy atom. The van der Waals surface area contributed by atoms with Crippen LogP contribution in [-0.4, -0.2) is 41.2 Å². The Morgan fingerprint density at radius 3 is 2.86 bits per heavy atom. The molecular formula is C13H17N3O5. The smallest absolute Gasteiger partial charge is 0.333 e. The lowest BCUT2D eigenvalue weighted by molar-refractivity contribution is -0.385. The third-order valence-electron chi connectivity index (χ3n) is 3.53. The van der Waals surface area contributed by atoms with E-state index in [4.69, 9.17) is 15.6 Å². The molecule has 0 aromatic heterocycles. The van der Waals surface area contributed by atoms with Crippen LogP contribution in [0, 0.1) is 10.1 Å². The van der Waals surface area contributed by atoms with Crippen molar-refractivity contribution in [1.82, 2.24) is 0 Å². The molecule has 1 saturated heterocycles. The number of rotatable bonds is 5. The summed E-state index contributed by atoms with van der Waals surface area (Å²) in [4.78, 5) is 23.6. The van der Waals surface area contributed by atoms with Gasteiger partial charge in [-0.15, -0.1) is 0 Å². The minimum atomic E-state index is -1.38. The van der Waals surface area contributed by atoms with Gasteiger partial charge in [0.25, 0.3) is 0 Å². The van der Waals surface area contributed by atoms with E-state index in [2.05, 4.69) is 0 Å². The maximum atomic E-state index is 11.3. The first-order chi connectivity index (χ1) is 9.89. The molecule has 1 aliphatic rings. The number of nitrogens with zero attached hydrogens (tertiary/aromatic N) is 2. The fourth-order valence-electron chi connectivity index (χ4n) is 2.43. The molecule has 114 valence electrons. The number of carboxylic acids is 1. The summed E-state index contributed by atoms with van der Waals surface area (Å²) in [5.41, 5.74) is 4.61. The number of hydrogen-bond acceptors (Lipinski definition) is 6. The van der Waals surface area contributed by atoms with Crippen molar-refractivity contribution in [3.63, 3.8) is 0 Å². The average molecular weight is 295 g/mol. The molecule has 0 radical (unpaired) electrons. The Labute approximate surface area is 121 Å². The number of nitrogens with two attached hydrogens (primary N) is 1. The normalized spacial score (nSPS) is 21.3. The van der Waals surface area contributed by atoms with Crippen molar-refractivity contribution in [1.29, 1.82) is 0 Å². The molecule has 3 N–H and O–H groups in total. The summed E-state index contributed by atoms with van der Waals surface area (Å²) in [6.45, 7) is 2.42. The Bertz CT molecular complexity index is 577. The van der Waals surface area contributed by atoms with Crippen LogP contribution >= 0.6 is 0 Å². The molecule has 1 atom stereocenters. The quantitative estimate of drug-likeness (QED) is 0.614. The van der Waals surface area contributed by atoms with Crippen molar-refractivity contribution in [3.8, 4) is 5.75 Å². The first kappa shape index (κ1) is 15.0. The van der Waals surface area contributed by atoms with Gasteiger partial charge < -0.3 is 20.5 Å². The summed E-state index contributed by atoms with van der Waals surface area (Å²) < 4.78 is 5.28. The van der Waals surface area contributed by atoms with Gasteiger partial charge in [-0.2, -0.15) is 0 Å². The molecule has 1 heterocycles. The fourth-order valence-corrected chi connectivity index (χ4v) is 2.43. The van der Waals surface area contributed by atoms with Crippen molar-refractivity contribution < 1.29 is 19.6 Å². The van der Waals surface area contributed by atoms with Crippen LogP contribution in [0.25, 0.3) is 0 Å². The first-order valence-electron chi connectivity index (χ1n) is 6.56. The average Bonchev–Trinajstić information content (AvgIpc) is 2.82. The van der Waals surface area contributed by atoms with E-state index >= 15 is 0 Å². The summed E-state index contributed by atoms with van der Waals surface area (Å²) in [7, 11) is 0. The fraction of sp³-hybridized carbons (Fsp3) is 0.462. The summed E-state index contributed by atoms with van der Waals surface area (Å²) >= 11 is 0. The van der Waals surface area contributed by atoms with Crippen LogP contribution in [0.15, 0.2) is 18.2 Å². The molecule has 1 aliphatic heterocycles. The summed E-state index contributed by atoms with van der Waals surface area (Å²) in [5.74, 6) is -0.932. The molecular weight excluding hydrogens is 278 g/mol. The number of para-hydroxylation sites is 1. The highest BCUT2D eigenvalue weighted by molar-refractivity contribution is 5.81. The molecule has 1 fully saturated rings. The number of nitro benzene ring substituents is 1. The number of carbonyl (C=O) groups is 1.